The topological polar surface area (TPSA) is 45.2 Å². The van der Waals surface area contributed by atoms with Crippen LogP contribution in [0.3, 0.4) is 0 Å². The van der Waals surface area contributed by atoms with Crippen molar-refractivity contribution in [1.29, 1.82) is 0 Å². The van der Waals surface area contributed by atoms with Gasteiger partial charge in [0.05, 0.1) is 17.2 Å². The molecular weight excluding hydrogens is 419 g/mol. The van der Waals surface area contributed by atoms with Crippen LogP contribution in [0, 0.1) is 5.95 Å². The van der Waals surface area contributed by atoms with E-state index in [-0.39, 0.29) is 12.5 Å². The molecule has 30 heavy (non-hydrogen) atoms. The number of aromatic nitrogens is 1. The molecule has 2 aromatic rings. The van der Waals surface area contributed by atoms with E-state index in [2.05, 4.69) is 10.3 Å². The summed E-state index contributed by atoms with van der Waals surface area (Å²) in [6.45, 7) is 0. The minimum Gasteiger partial charge on any atom is -0.314 e. The predicted octanol–water partition coefficient (Wildman–Crippen LogP) is 5.55. The van der Waals surface area contributed by atoms with Gasteiger partial charge in [-0.15, -0.1) is 0 Å². The average Bonchev–Trinajstić information content (AvgIpc) is 2.96. The highest BCUT2D eigenvalue weighted by molar-refractivity contribution is 5.90. The molecule has 2 aliphatic heterocycles. The number of nitrogens with one attached hydrogen (secondary N) is 1. The van der Waals surface area contributed by atoms with E-state index in [9.17, 15) is 35.5 Å². The zero-order chi connectivity index (χ0) is 21.8. The fourth-order valence-electron chi connectivity index (χ4n) is 4.14. The number of carbonyl (C=O) groups is 1. The zero-order valence-electron chi connectivity index (χ0n) is 15.1. The van der Waals surface area contributed by atoms with E-state index in [1.54, 1.807) is 6.07 Å². The van der Waals surface area contributed by atoms with Crippen LogP contribution in [-0.2, 0) is 18.8 Å². The number of benzene rings is 1. The molecule has 11 heteroatoms. The predicted molar refractivity (Wildman–Crippen MR) is 91.0 cm³/mol. The van der Waals surface area contributed by atoms with E-state index < -0.39 is 53.2 Å². The maximum Gasteiger partial charge on any atom is 0.416 e. The number of amides is 2. The van der Waals surface area contributed by atoms with Gasteiger partial charge in [-0.05, 0) is 49.1 Å². The molecule has 2 amide bonds. The van der Waals surface area contributed by atoms with E-state index in [0.717, 1.165) is 0 Å². The number of halogens is 7. The van der Waals surface area contributed by atoms with Crippen molar-refractivity contribution in [2.45, 2.75) is 43.7 Å². The molecule has 160 valence electrons. The van der Waals surface area contributed by atoms with Crippen LogP contribution >= 0.6 is 0 Å². The maximum absolute atomic E-state index is 14.0. The van der Waals surface area contributed by atoms with Crippen molar-refractivity contribution < 1.29 is 35.5 Å². The molecule has 2 bridgehead atoms. The number of nitrogens with zero attached hydrogens (tertiary/aromatic N) is 2. The van der Waals surface area contributed by atoms with Gasteiger partial charge in [-0.3, -0.25) is 0 Å². The highest BCUT2D eigenvalue weighted by Crippen LogP contribution is 2.44. The number of alkyl halides is 6. The monoisotopic (exact) mass is 433 g/mol. The van der Waals surface area contributed by atoms with Crippen molar-refractivity contribution in [1.82, 2.24) is 9.88 Å². The second-order valence-corrected chi connectivity index (χ2v) is 7.25. The van der Waals surface area contributed by atoms with Crippen molar-refractivity contribution in [2.75, 3.05) is 5.32 Å². The number of rotatable bonds is 1. The lowest BCUT2D eigenvalue weighted by Gasteiger charge is -2.36. The van der Waals surface area contributed by atoms with Gasteiger partial charge in [-0.2, -0.15) is 30.7 Å². The Hall–Kier alpha value is -2.85. The fourth-order valence-corrected chi connectivity index (χ4v) is 4.14. The lowest BCUT2D eigenvalue weighted by Crippen LogP contribution is -2.44. The third kappa shape index (κ3) is 3.56. The number of urea groups is 1. The first kappa shape index (κ1) is 20.4. The summed E-state index contributed by atoms with van der Waals surface area (Å²) in [5, 5.41) is 2.16. The van der Waals surface area contributed by atoms with Crippen LogP contribution in [-0.4, -0.2) is 22.0 Å². The molecule has 0 saturated carbocycles. The quantitative estimate of drug-likeness (QED) is 0.473. The summed E-state index contributed by atoms with van der Waals surface area (Å²) in [6.07, 6.45) is -7.57. The molecule has 2 aliphatic rings. The van der Waals surface area contributed by atoms with E-state index in [0.29, 0.717) is 36.1 Å². The van der Waals surface area contributed by atoms with Crippen molar-refractivity contribution in [3.63, 3.8) is 0 Å². The number of pyridine rings is 1. The van der Waals surface area contributed by atoms with Crippen LogP contribution in [0.25, 0.3) is 0 Å². The van der Waals surface area contributed by atoms with Crippen molar-refractivity contribution in [2.24, 2.45) is 0 Å². The van der Waals surface area contributed by atoms with Gasteiger partial charge in [0, 0.05) is 23.5 Å². The minimum absolute atomic E-state index is 0.00767. The van der Waals surface area contributed by atoms with E-state index >= 15 is 0 Å². The molecule has 0 radical (unpaired) electrons. The van der Waals surface area contributed by atoms with E-state index in [4.69, 9.17) is 0 Å². The second kappa shape index (κ2) is 6.85. The Kier molecular flexibility index (Phi) is 4.66. The molecule has 3 heterocycles. The van der Waals surface area contributed by atoms with Gasteiger partial charge in [-0.25, -0.2) is 9.78 Å². The summed E-state index contributed by atoms with van der Waals surface area (Å²) in [6, 6.07) is 0.687. The van der Waals surface area contributed by atoms with Gasteiger partial charge in [0.2, 0.25) is 5.95 Å². The molecule has 1 aromatic heterocycles. The number of hydrogen-bond donors (Lipinski definition) is 1. The first-order valence-electron chi connectivity index (χ1n) is 8.97. The number of fused-ring (bicyclic) bond motifs is 4. The van der Waals surface area contributed by atoms with Crippen molar-refractivity contribution in [3.05, 3.63) is 58.7 Å². The largest absolute Gasteiger partial charge is 0.416 e. The number of hydrogen-bond acceptors (Lipinski definition) is 2. The van der Waals surface area contributed by atoms with Gasteiger partial charge in [0.15, 0.2) is 0 Å². The van der Waals surface area contributed by atoms with Crippen LogP contribution < -0.4 is 5.32 Å². The molecule has 0 unspecified atom stereocenters. The van der Waals surface area contributed by atoms with Crippen LogP contribution in [0.4, 0.5) is 41.2 Å². The van der Waals surface area contributed by atoms with Crippen LogP contribution in [0.15, 0.2) is 30.5 Å². The van der Waals surface area contributed by atoms with Crippen LogP contribution in [0.2, 0.25) is 0 Å². The Morgan fingerprint density at radius 1 is 1.03 bits per heavy atom. The lowest BCUT2D eigenvalue weighted by molar-refractivity contribution is -0.143. The molecule has 1 aromatic carbocycles. The third-order valence-corrected chi connectivity index (χ3v) is 5.41. The molecule has 2 atom stereocenters. The maximum atomic E-state index is 14.0. The standard InChI is InChI=1S/C19H14F7N3O/c20-16-14-8-12-1-2-15(13(14)3-4-27-16)29(12)17(30)28-11-6-9(18(21,22)23)5-10(7-11)19(24,25)26/h3-7,12,15H,1-2,8H2,(H,28,30)/t12-,15+/m0/s1. The minimum atomic E-state index is -5.02. The highest BCUT2D eigenvalue weighted by atomic mass is 19.4. The normalized spacial score (nSPS) is 20.8. The Morgan fingerprint density at radius 2 is 1.67 bits per heavy atom. The van der Waals surface area contributed by atoms with Gasteiger partial charge in [-0.1, -0.05) is 0 Å². The molecule has 0 aliphatic carbocycles. The summed E-state index contributed by atoms with van der Waals surface area (Å²) in [4.78, 5) is 17.7. The molecular formula is C19H14F7N3O. The Balaban J connectivity index is 1.65. The summed E-state index contributed by atoms with van der Waals surface area (Å²) in [5.74, 6) is -0.642. The van der Waals surface area contributed by atoms with Crippen LogP contribution in [0.5, 0.6) is 0 Å². The zero-order valence-corrected chi connectivity index (χ0v) is 15.1. The van der Waals surface area contributed by atoms with Crippen molar-refractivity contribution >= 4 is 11.7 Å². The average molecular weight is 433 g/mol. The van der Waals surface area contributed by atoms with Crippen molar-refractivity contribution in [3.8, 4) is 0 Å². The molecule has 4 nitrogen and oxygen atoms in total. The molecule has 1 N–H and O–H groups in total. The van der Waals surface area contributed by atoms with Gasteiger partial charge in [0.25, 0.3) is 0 Å². The highest BCUT2D eigenvalue weighted by Gasteiger charge is 2.44. The SMILES string of the molecule is O=C(Nc1cc(C(F)(F)F)cc(C(F)(F)F)c1)N1[C@H]2CC[C@@H]1c1ccnc(F)c1C2. The third-order valence-electron chi connectivity index (χ3n) is 5.41. The molecule has 4 rings (SSSR count). The van der Waals surface area contributed by atoms with Gasteiger partial charge in [0.1, 0.15) is 0 Å². The summed E-state index contributed by atoms with van der Waals surface area (Å²) in [7, 11) is 0. The Labute approximate surface area is 165 Å². The van der Waals surface area contributed by atoms with Gasteiger partial charge < -0.3 is 10.2 Å². The number of anilines is 1. The summed E-state index contributed by atoms with van der Waals surface area (Å²) in [5.41, 5.74) is -2.73. The van der Waals surface area contributed by atoms with E-state index in [1.165, 1.54) is 11.1 Å². The fraction of sp³-hybridized carbons (Fsp3) is 0.368. The van der Waals surface area contributed by atoms with E-state index in [1.807, 2.05) is 0 Å². The molecule has 0 spiro atoms. The first-order valence-corrected chi connectivity index (χ1v) is 8.97. The Bertz CT molecular complexity index is 970. The second-order valence-electron chi connectivity index (χ2n) is 7.25. The lowest BCUT2D eigenvalue weighted by atomic mass is 9.95. The number of carbonyl (C=O) groups excluding carboxylic acids is 1. The van der Waals surface area contributed by atoms with Crippen LogP contribution in [0.1, 0.15) is 41.1 Å². The summed E-state index contributed by atoms with van der Waals surface area (Å²) < 4.78 is 92.2. The molecule has 1 fully saturated rings. The van der Waals surface area contributed by atoms with Gasteiger partial charge >= 0.3 is 18.4 Å². The summed E-state index contributed by atoms with van der Waals surface area (Å²) >= 11 is 0. The first-order chi connectivity index (χ1) is 13.9. The Morgan fingerprint density at radius 3 is 2.27 bits per heavy atom. The molecule has 1 saturated heterocycles. The smallest absolute Gasteiger partial charge is 0.314 e.